The number of halogens is 2. The van der Waals surface area contributed by atoms with Gasteiger partial charge in [0.25, 0.3) is 0 Å². The minimum Gasteiger partial charge on any atom is -0.335 e. The Hall–Kier alpha value is -2.59. The Kier molecular flexibility index (Phi) is 6.24. The van der Waals surface area contributed by atoms with Gasteiger partial charge < -0.3 is 11.2 Å². The van der Waals surface area contributed by atoms with Crippen molar-refractivity contribution in [3.8, 4) is 22.6 Å². The first-order valence-electron chi connectivity index (χ1n) is 8.61. The highest BCUT2D eigenvalue weighted by Gasteiger charge is 2.16. The number of hydrogen-bond donors (Lipinski definition) is 2. The standard InChI is InChI=1S/C19H14Cl2N6OS2/c20-12-7-5-11(6-8-12)15-9-29-18(23-15)24-16(28)10-30-19-26-25-17(27(19)22)13-3-1-2-4-14(13)21/h1-9H,10,22H2,(H,23,24,28). The van der Waals surface area contributed by atoms with Gasteiger partial charge in [-0.25, -0.2) is 9.66 Å². The fourth-order valence-electron chi connectivity index (χ4n) is 2.57. The molecule has 3 N–H and O–H groups in total. The number of hydrogen-bond acceptors (Lipinski definition) is 7. The van der Waals surface area contributed by atoms with Gasteiger partial charge in [-0.2, -0.15) is 0 Å². The predicted octanol–water partition coefficient (Wildman–Crippen LogP) is 4.82. The molecule has 0 radical (unpaired) electrons. The van der Waals surface area contributed by atoms with Crippen molar-refractivity contribution < 1.29 is 4.79 Å². The highest BCUT2D eigenvalue weighted by atomic mass is 35.5. The van der Waals surface area contributed by atoms with Gasteiger partial charge in [-0.3, -0.25) is 4.79 Å². The van der Waals surface area contributed by atoms with Gasteiger partial charge in [0.05, 0.1) is 16.5 Å². The van der Waals surface area contributed by atoms with Gasteiger partial charge in [0.1, 0.15) is 0 Å². The van der Waals surface area contributed by atoms with Crippen molar-refractivity contribution in [1.29, 1.82) is 0 Å². The van der Waals surface area contributed by atoms with Crippen molar-refractivity contribution in [1.82, 2.24) is 19.9 Å². The van der Waals surface area contributed by atoms with Crippen LogP contribution in [-0.4, -0.2) is 31.5 Å². The number of carbonyl (C=O) groups excluding carboxylic acids is 1. The second-order valence-corrected chi connectivity index (χ2v) is 8.68. The Balaban J connectivity index is 1.38. The molecule has 2 heterocycles. The highest BCUT2D eigenvalue weighted by molar-refractivity contribution is 7.99. The molecule has 0 aliphatic heterocycles. The van der Waals surface area contributed by atoms with Crippen LogP contribution in [0.1, 0.15) is 0 Å². The van der Waals surface area contributed by atoms with Crippen LogP contribution in [0.5, 0.6) is 0 Å². The number of aromatic nitrogens is 4. The van der Waals surface area contributed by atoms with E-state index in [-0.39, 0.29) is 11.7 Å². The van der Waals surface area contributed by atoms with Crippen LogP contribution in [0.4, 0.5) is 5.13 Å². The van der Waals surface area contributed by atoms with E-state index in [1.165, 1.54) is 27.8 Å². The fourth-order valence-corrected chi connectivity index (χ4v) is 4.31. The van der Waals surface area contributed by atoms with Crippen LogP contribution in [-0.2, 0) is 4.79 Å². The maximum atomic E-state index is 12.3. The first-order chi connectivity index (χ1) is 14.5. The molecular formula is C19H14Cl2N6OS2. The lowest BCUT2D eigenvalue weighted by Crippen LogP contribution is -2.16. The molecule has 1 amide bonds. The first kappa shape index (κ1) is 20.7. The zero-order valence-electron chi connectivity index (χ0n) is 15.3. The van der Waals surface area contributed by atoms with E-state index in [1.54, 1.807) is 24.3 Å². The number of carbonyl (C=O) groups is 1. The van der Waals surface area contributed by atoms with Crippen LogP contribution in [0.2, 0.25) is 10.0 Å². The van der Waals surface area contributed by atoms with E-state index in [0.717, 1.165) is 11.3 Å². The molecule has 0 saturated carbocycles. The number of anilines is 1. The summed E-state index contributed by atoms with van der Waals surface area (Å²) < 4.78 is 1.32. The van der Waals surface area contributed by atoms with E-state index < -0.39 is 0 Å². The lowest BCUT2D eigenvalue weighted by molar-refractivity contribution is -0.113. The molecule has 4 rings (SSSR count). The fraction of sp³-hybridized carbons (Fsp3) is 0.0526. The number of nitrogen functional groups attached to an aromatic ring is 1. The molecule has 0 bridgehead atoms. The van der Waals surface area contributed by atoms with Gasteiger partial charge in [-0.15, -0.1) is 21.5 Å². The zero-order chi connectivity index (χ0) is 21.1. The summed E-state index contributed by atoms with van der Waals surface area (Å²) in [6.45, 7) is 0. The number of nitrogens with one attached hydrogen (secondary N) is 1. The van der Waals surface area contributed by atoms with Crippen molar-refractivity contribution in [3.63, 3.8) is 0 Å². The highest BCUT2D eigenvalue weighted by Crippen LogP contribution is 2.28. The minimum atomic E-state index is -0.223. The molecule has 0 spiro atoms. The van der Waals surface area contributed by atoms with Crippen LogP contribution in [0.25, 0.3) is 22.6 Å². The molecule has 2 aromatic carbocycles. The first-order valence-corrected chi connectivity index (χ1v) is 11.2. The van der Waals surface area contributed by atoms with Crippen molar-refractivity contribution in [2.45, 2.75) is 5.16 Å². The summed E-state index contributed by atoms with van der Waals surface area (Å²) in [7, 11) is 0. The second-order valence-electron chi connectivity index (χ2n) is 6.04. The van der Waals surface area contributed by atoms with Crippen LogP contribution in [0, 0.1) is 0 Å². The molecule has 7 nitrogen and oxygen atoms in total. The van der Waals surface area contributed by atoms with E-state index >= 15 is 0 Å². The van der Waals surface area contributed by atoms with Gasteiger partial charge in [0.2, 0.25) is 11.1 Å². The summed E-state index contributed by atoms with van der Waals surface area (Å²) in [4.78, 5) is 16.8. The summed E-state index contributed by atoms with van der Waals surface area (Å²) in [5, 5.41) is 14.9. The predicted molar refractivity (Wildman–Crippen MR) is 123 cm³/mol. The average Bonchev–Trinajstić information content (AvgIpc) is 3.34. The van der Waals surface area contributed by atoms with Gasteiger partial charge >= 0.3 is 0 Å². The number of nitrogens with zero attached hydrogens (tertiary/aromatic N) is 4. The monoisotopic (exact) mass is 476 g/mol. The van der Waals surface area contributed by atoms with Crippen molar-refractivity contribution >= 4 is 57.3 Å². The van der Waals surface area contributed by atoms with E-state index in [9.17, 15) is 4.79 Å². The summed E-state index contributed by atoms with van der Waals surface area (Å²) >= 11 is 14.6. The average molecular weight is 477 g/mol. The second kappa shape index (κ2) is 9.05. The summed E-state index contributed by atoms with van der Waals surface area (Å²) in [6.07, 6.45) is 0. The Morgan fingerprint density at radius 1 is 1.13 bits per heavy atom. The van der Waals surface area contributed by atoms with Gasteiger partial charge in [0.15, 0.2) is 11.0 Å². The third-order valence-electron chi connectivity index (χ3n) is 4.00. The maximum Gasteiger partial charge on any atom is 0.236 e. The van der Waals surface area contributed by atoms with Crippen LogP contribution in [0.3, 0.4) is 0 Å². The quantitative estimate of drug-likeness (QED) is 0.305. The Morgan fingerprint density at radius 3 is 2.67 bits per heavy atom. The molecule has 0 unspecified atom stereocenters. The number of benzene rings is 2. The summed E-state index contributed by atoms with van der Waals surface area (Å²) in [6, 6.07) is 14.6. The number of nitrogens with two attached hydrogens (primary N) is 1. The van der Waals surface area contributed by atoms with Crippen molar-refractivity contribution in [3.05, 3.63) is 64.0 Å². The zero-order valence-corrected chi connectivity index (χ0v) is 18.4. The van der Waals surface area contributed by atoms with E-state index in [1.807, 2.05) is 29.6 Å². The molecule has 0 atom stereocenters. The summed E-state index contributed by atoms with van der Waals surface area (Å²) in [5.41, 5.74) is 2.36. The summed E-state index contributed by atoms with van der Waals surface area (Å²) in [5.74, 6) is 6.39. The number of rotatable bonds is 6. The van der Waals surface area contributed by atoms with Crippen LogP contribution < -0.4 is 11.2 Å². The van der Waals surface area contributed by atoms with Gasteiger partial charge in [0, 0.05) is 21.5 Å². The molecular weight excluding hydrogens is 463 g/mol. The SMILES string of the molecule is Nn1c(SCC(=O)Nc2nc(-c3ccc(Cl)cc3)cs2)nnc1-c1ccccc1Cl. The number of amides is 1. The number of thioether (sulfide) groups is 1. The molecule has 30 heavy (non-hydrogen) atoms. The Morgan fingerprint density at radius 2 is 1.90 bits per heavy atom. The Labute approximate surface area is 190 Å². The van der Waals surface area contributed by atoms with E-state index in [2.05, 4.69) is 20.5 Å². The number of thiazole rings is 1. The molecule has 11 heteroatoms. The normalized spacial score (nSPS) is 10.9. The third kappa shape index (κ3) is 4.59. The molecule has 0 aliphatic carbocycles. The third-order valence-corrected chi connectivity index (χ3v) is 6.28. The van der Waals surface area contributed by atoms with Crippen LogP contribution in [0.15, 0.2) is 59.1 Å². The lowest BCUT2D eigenvalue weighted by atomic mass is 10.2. The van der Waals surface area contributed by atoms with Gasteiger partial charge in [-0.05, 0) is 24.3 Å². The molecule has 152 valence electrons. The van der Waals surface area contributed by atoms with Crippen molar-refractivity contribution in [2.75, 3.05) is 16.9 Å². The Bertz CT molecular complexity index is 1190. The van der Waals surface area contributed by atoms with E-state index in [0.29, 0.717) is 31.7 Å². The molecule has 0 saturated heterocycles. The van der Waals surface area contributed by atoms with Gasteiger partial charge in [-0.1, -0.05) is 59.2 Å². The maximum absolute atomic E-state index is 12.3. The lowest BCUT2D eigenvalue weighted by Gasteiger charge is -2.05. The molecule has 4 aromatic rings. The largest absolute Gasteiger partial charge is 0.335 e. The molecule has 2 aromatic heterocycles. The van der Waals surface area contributed by atoms with E-state index in [4.69, 9.17) is 29.0 Å². The topological polar surface area (TPSA) is 98.7 Å². The molecule has 0 fully saturated rings. The smallest absolute Gasteiger partial charge is 0.236 e. The molecule has 0 aliphatic rings. The van der Waals surface area contributed by atoms with Crippen LogP contribution >= 0.6 is 46.3 Å². The minimum absolute atomic E-state index is 0.105. The van der Waals surface area contributed by atoms with Crippen molar-refractivity contribution in [2.24, 2.45) is 0 Å².